The Hall–Kier alpha value is -0.860. The average molecular weight is 259 g/mol. The Kier molecular flexibility index (Phi) is 9.62. The summed E-state index contributed by atoms with van der Waals surface area (Å²) in [6.45, 7) is 4.50. The van der Waals surface area contributed by atoms with Crippen molar-refractivity contribution in [3.05, 3.63) is 0 Å². The molecule has 0 aromatic heterocycles. The molecule has 7 heteroatoms. The maximum Gasteiger partial charge on any atom is 0.138 e. The molecule has 0 aliphatic rings. The highest BCUT2D eigenvalue weighted by Gasteiger charge is 2.13. The van der Waals surface area contributed by atoms with Crippen molar-refractivity contribution in [2.75, 3.05) is 6.54 Å². The highest BCUT2D eigenvalue weighted by Crippen LogP contribution is 1.98. The second-order valence-electron chi connectivity index (χ2n) is 4.56. The summed E-state index contributed by atoms with van der Waals surface area (Å²) in [6.07, 6.45) is 2.51. The van der Waals surface area contributed by atoms with Crippen molar-refractivity contribution >= 4 is 12.6 Å². The number of nitrogens with one attached hydrogen (secondary N) is 3. The third kappa shape index (κ3) is 8.26. The number of aldehydes is 2. The van der Waals surface area contributed by atoms with Gasteiger partial charge in [-0.25, -0.2) is 10.9 Å². The van der Waals surface area contributed by atoms with Gasteiger partial charge in [-0.3, -0.25) is 5.32 Å². The molecule has 0 bridgehead atoms. The molecule has 0 fully saturated rings. The molecule has 0 amide bonds. The lowest BCUT2D eigenvalue weighted by atomic mass is 10.1. The van der Waals surface area contributed by atoms with Crippen LogP contribution < -0.4 is 27.6 Å². The van der Waals surface area contributed by atoms with E-state index in [9.17, 15) is 9.59 Å². The first-order valence-corrected chi connectivity index (χ1v) is 6.17. The fourth-order valence-corrected chi connectivity index (χ4v) is 1.33. The van der Waals surface area contributed by atoms with E-state index in [1.807, 2.05) is 13.8 Å². The fourth-order valence-electron chi connectivity index (χ4n) is 1.33. The minimum Gasteiger partial charge on any atom is -0.304 e. The summed E-state index contributed by atoms with van der Waals surface area (Å²) in [4.78, 5) is 21.6. The predicted octanol–water partition coefficient (Wildman–Crippen LogP) is -1.56. The molecule has 0 rings (SSSR count). The van der Waals surface area contributed by atoms with E-state index in [4.69, 9.17) is 11.5 Å². The van der Waals surface area contributed by atoms with Gasteiger partial charge in [0.1, 0.15) is 18.9 Å². The monoisotopic (exact) mass is 259 g/mol. The van der Waals surface area contributed by atoms with Gasteiger partial charge in [-0.15, -0.1) is 0 Å². The van der Waals surface area contributed by atoms with Crippen molar-refractivity contribution < 1.29 is 9.59 Å². The molecule has 0 aliphatic heterocycles. The molecule has 0 aromatic rings. The van der Waals surface area contributed by atoms with Gasteiger partial charge < -0.3 is 21.1 Å². The van der Waals surface area contributed by atoms with Crippen LogP contribution in [-0.4, -0.2) is 37.5 Å². The summed E-state index contributed by atoms with van der Waals surface area (Å²) in [6, 6.07) is -0.634. The second kappa shape index (κ2) is 10.1. The molecule has 0 aromatic carbocycles. The van der Waals surface area contributed by atoms with Gasteiger partial charge in [0, 0.05) is 0 Å². The van der Waals surface area contributed by atoms with Crippen LogP contribution in [0.25, 0.3) is 0 Å². The largest absolute Gasteiger partial charge is 0.304 e. The first-order chi connectivity index (χ1) is 8.51. The quantitative estimate of drug-likeness (QED) is 0.132. The van der Waals surface area contributed by atoms with Gasteiger partial charge in [-0.1, -0.05) is 13.8 Å². The minimum atomic E-state index is -0.536. The van der Waals surface area contributed by atoms with E-state index in [1.54, 1.807) is 0 Å². The van der Waals surface area contributed by atoms with Crippen LogP contribution in [0, 0.1) is 5.92 Å². The molecule has 106 valence electrons. The van der Waals surface area contributed by atoms with Gasteiger partial charge in [0.15, 0.2) is 0 Å². The Morgan fingerprint density at radius 2 is 1.78 bits per heavy atom. The van der Waals surface area contributed by atoms with Crippen molar-refractivity contribution in [3.63, 3.8) is 0 Å². The fraction of sp³-hybridized carbons (Fsp3) is 0.818. The SMILES string of the molecule is CC(C)[C@@H](C=O)NN[C@H](C=O)CCCNC(N)N. The second-order valence-corrected chi connectivity index (χ2v) is 4.56. The lowest BCUT2D eigenvalue weighted by Crippen LogP contribution is -2.50. The molecule has 7 nitrogen and oxygen atoms in total. The highest BCUT2D eigenvalue weighted by molar-refractivity contribution is 5.59. The lowest BCUT2D eigenvalue weighted by molar-refractivity contribution is -0.112. The number of hydrazine groups is 1. The molecule has 0 saturated carbocycles. The van der Waals surface area contributed by atoms with Crippen LogP contribution in [0.1, 0.15) is 26.7 Å². The zero-order valence-electron chi connectivity index (χ0n) is 11.1. The summed E-state index contributed by atoms with van der Waals surface area (Å²) in [5.41, 5.74) is 16.3. The number of carbonyl (C=O) groups excluding carboxylic acids is 2. The van der Waals surface area contributed by atoms with E-state index in [-0.39, 0.29) is 18.0 Å². The molecule has 18 heavy (non-hydrogen) atoms. The molecule has 0 radical (unpaired) electrons. The number of nitrogens with two attached hydrogens (primary N) is 2. The Balaban J connectivity index is 3.82. The zero-order chi connectivity index (χ0) is 14.0. The Morgan fingerprint density at radius 1 is 1.11 bits per heavy atom. The molecule has 0 unspecified atom stereocenters. The molecule has 2 atom stereocenters. The van der Waals surface area contributed by atoms with E-state index in [1.165, 1.54) is 0 Å². The van der Waals surface area contributed by atoms with Gasteiger partial charge >= 0.3 is 0 Å². The summed E-state index contributed by atoms with van der Waals surface area (Å²) in [5, 5.41) is 2.85. The zero-order valence-corrected chi connectivity index (χ0v) is 11.1. The molecular formula is C11H25N5O2. The third-order valence-corrected chi connectivity index (χ3v) is 2.54. The van der Waals surface area contributed by atoms with Crippen LogP contribution in [0.5, 0.6) is 0 Å². The van der Waals surface area contributed by atoms with Gasteiger partial charge in [0.2, 0.25) is 0 Å². The van der Waals surface area contributed by atoms with Crippen molar-refractivity contribution in [2.24, 2.45) is 17.4 Å². The van der Waals surface area contributed by atoms with Crippen LogP contribution in [0.3, 0.4) is 0 Å². The third-order valence-electron chi connectivity index (χ3n) is 2.54. The normalized spacial score (nSPS) is 14.8. The van der Waals surface area contributed by atoms with E-state index in [0.29, 0.717) is 13.0 Å². The van der Waals surface area contributed by atoms with Crippen LogP contribution >= 0.6 is 0 Å². The number of rotatable bonds is 11. The molecule has 0 saturated heterocycles. The molecule has 0 heterocycles. The first-order valence-electron chi connectivity index (χ1n) is 6.17. The van der Waals surface area contributed by atoms with Gasteiger partial charge in [-0.2, -0.15) is 0 Å². The first kappa shape index (κ1) is 17.1. The summed E-state index contributed by atoms with van der Waals surface area (Å²) in [7, 11) is 0. The van der Waals surface area contributed by atoms with Crippen molar-refractivity contribution in [1.29, 1.82) is 0 Å². The minimum absolute atomic E-state index is 0.166. The van der Waals surface area contributed by atoms with Crippen molar-refractivity contribution in [2.45, 2.75) is 45.1 Å². The number of carbonyl (C=O) groups is 2. The van der Waals surface area contributed by atoms with E-state index in [0.717, 1.165) is 19.0 Å². The van der Waals surface area contributed by atoms with Crippen LogP contribution in [0.4, 0.5) is 0 Å². The maximum absolute atomic E-state index is 10.8. The number of hydrogen-bond acceptors (Lipinski definition) is 7. The smallest absolute Gasteiger partial charge is 0.138 e. The predicted molar refractivity (Wildman–Crippen MR) is 70.2 cm³/mol. The Morgan fingerprint density at radius 3 is 2.22 bits per heavy atom. The van der Waals surface area contributed by atoms with Crippen LogP contribution in [0.2, 0.25) is 0 Å². The van der Waals surface area contributed by atoms with Crippen molar-refractivity contribution in [3.8, 4) is 0 Å². The molecule has 0 spiro atoms. The average Bonchev–Trinajstić information content (AvgIpc) is 2.31. The van der Waals surface area contributed by atoms with E-state index >= 15 is 0 Å². The summed E-state index contributed by atoms with van der Waals surface area (Å²) in [5.74, 6) is 0.166. The Bertz CT molecular complexity index is 235. The van der Waals surface area contributed by atoms with Gasteiger partial charge in [-0.05, 0) is 25.3 Å². The topological polar surface area (TPSA) is 122 Å². The molecule has 7 N–H and O–H groups in total. The Labute approximate surface area is 108 Å². The van der Waals surface area contributed by atoms with Gasteiger partial charge in [0.05, 0.1) is 12.1 Å². The van der Waals surface area contributed by atoms with E-state index in [2.05, 4.69) is 16.2 Å². The number of hydrogen-bond donors (Lipinski definition) is 5. The highest BCUT2D eigenvalue weighted by atomic mass is 16.1. The van der Waals surface area contributed by atoms with Crippen LogP contribution in [0.15, 0.2) is 0 Å². The van der Waals surface area contributed by atoms with E-state index < -0.39 is 6.29 Å². The molecule has 0 aliphatic carbocycles. The van der Waals surface area contributed by atoms with Crippen LogP contribution in [-0.2, 0) is 9.59 Å². The summed E-state index contributed by atoms with van der Waals surface area (Å²) >= 11 is 0. The summed E-state index contributed by atoms with van der Waals surface area (Å²) < 4.78 is 0. The standard InChI is InChI=1S/C11H25N5O2/c1-8(2)10(7-18)16-15-9(6-17)4-3-5-14-11(12)13/h6-11,14-16H,3-5,12-13H2,1-2H3/t9-,10+/m0/s1. The van der Waals surface area contributed by atoms with Crippen molar-refractivity contribution in [1.82, 2.24) is 16.2 Å². The van der Waals surface area contributed by atoms with Gasteiger partial charge in [0.25, 0.3) is 0 Å². The molecular weight excluding hydrogens is 234 g/mol. The maximum atomic E-state index is 10.8. The lowest BCUT2D eigenvalue weighted by Gasteiger charge is -2.20.